The van der Waals surface area contributed by atoms with Gasteiger partial charge in [-0.15, -0.1) is 0 Å². The van der Waals surface area contributed by atoms with E-state index in [9.17, 15) is 9.59 Å². The van der Waals surface area contributed by atoms with Crippen molar-refractivity contribution in [2.75, 3.05) is 5.32 Å². The Balaban J connectivity index is 2.08. The molecule has 0 saturated heterocycles. The molecule has 4 nitrogen and oxygen atoms in total. The quantitative estimate of drug-likeness (QED) is 0.896. The average Bonchev–Trinajstić information content (AvgIpc) is 2.48. The van der Waals surface area contributed by atoms with E-state index in [1.54, 1.807) is 0 Å². The zero-order chi connectivity index (χ0) is 14.5. The van der Waals surface area contributed by atoms with Gasteiger partial charge >= 0.3 is 0 Å². The maximum Gasteiger partial charge on any atom is 0.257 e. The Bertz CT molecular complexity index is 624. The molecule has 1 heterocycles. The number of carbonyl (C=O) groups is 1. The van der Waals surface area contributed by atoms with E-state index in [1.807, 2.05) is 24.3 Å². The maximum atomic E-state index is 12.0. The summed E-state index contributed by atoms with van der Waals surface area (Å²) >= 11 is 0. The Morgan fingerprint density at radius 3 is 2.45 bits per heavy atom. The summed E-state index contributed by atoms with van der Waals surface area (Å²) in [7, 11) is 0. The summed E-state index contributed by atoms with van der Waals surface area (Å²) in [5, 5.41) is 2.80. The van der Waals surface area contributed by atoms with E-state index >= 15 is 0 Å². The number of hydrogen-bond donors (Lipinski definition) is 2. The fourth-order valence-corrected chi connectivity index (χ4v) is 1.89. The second kappa shape index (κ2) is 6.19. The Labute approximate surface area is 117 Å². The third-order valence-corrected chi connectivity index (χ3v) is 3.40. The first-order valence-corrected chi connectivity index (χ1v) is 6.70. The zero-order valence-corrected chi connectivity index (χ0v) is 11.6. The molecule has 1 unspecified atom stereocenters. The molecule has 0 aliphatic carbocycles. The van der Waals surface area contributed by atoms with Gasteiger partial charge in [-0.25, -0.2) is 0 Å². The Morgan fingerprint density at radius 1 is 1.20 bits per heavy atom. The van der Waals surface area contributed by atoms with E-state index in [0.717, 1.165) is 12.1 Å². The molecule has 0 spiro atoms. The van der Waals surface area contributed by atoms with Crippen molar-refractivity contribution in [2.24, 2.45) is 0 Å². The highest BCUT2D eigenvalue weighted by molar-refractivity contribution is 6.03. The molecule has 0 saturated carbocycles. The second-order valence-corrected chi connectivity index (χ2v) is 4.83. The first kappa shape index (κ1) is 14.1. The van der Waals surface area contributed by atoms with Crippen molar-refractivity contribution < 1.29 is 4.79 Å². The Hall–Kier alpha value is -2.36. The van der Waals surface area contributed by atoms with Crippen LogP contribution in [0.1, 0.15) is 42.1 Å². The highest BCUT2D eigenvalue weighted by Crippen LogP contribution is 2.20. The van der Waals surface area contributed by atoms with E-state index < -0.39 is 0 Å². The molecule has 0 aliphatic rings. The number of hydrogen-bond acceptors (Lipinski definition) is 2. The fraction of sp³-hybridized carbons (Fsp3) is 0.250. The van der Waals surface area contributed by atoms with Crippen LogP contribution >= 0.6 is 0 Å². The number of H-pyrrole nitrogens is 1. The number of nitrogens with one attached hydrogen (secondary N) is 2. The molecule has 2 aromatic rings. The summed E-state index contributed by atoms with van der Waals surface area (Å²) in [5.41, 5.74) is 2.21. The molecule has 1 amide bonds. The normalized spacial score (nSPS) is 11.9. The molecular weight excluding hydrogens is 252 g/mol. The largest absolute Gasteiger partial charge is 0.328 e. The van der Waals surface area contributed by atoms with E-state index in [-0.39, 0.29) is 11.5 Å². The monoisotopic (exact) mass is 270 g/mol. The van der Waals surface area contributed by atoms with Crippen LogP contribution in [0.15, 0.2) is 47.4 Å². The van der Waals surface area contributed by atoms with Crippen LogP contribution in [0.2, 0.25) is 0 Å². The summed E-state index contributed by atoms with van der Waals surface area (Å²) in [5.74, 6) is 0.275. The lowest BCUT2D eigenvalue weighted by molar-refractivity contribution is 0.102. The molecule has 4 heteroatoms. The summed E-state index contributed by atoms with van der Waals surface area (Å²) in [6.07, 6.45) is 2.49. The van der Waals surface area contributed by atoms with Crippen molar-refractivity contribution >= 4 is 11.6 Å². The highest BCUT2D eigenvalue weighted by atomic mass is 16.1. The lowest BCUT2D eigenvalue weighted by Gasteiger charge is -2.10. The van der Waals surface area contributed by atoms with Crippen LogP contribution in [0.25, 0.3) is 0 Å². The van der Waals surface area contributed by atoms with Crippen LogP contribution in [-0.2, 0) is 0 Å². The standard InChI is InChI=1S/C16H18N2O2/c1-3-11(2)12-4-7-14(8-5-12)18-16(20)13-6-9-15(19)17-10-13/h4-11H,3H2,1-2H3,(H,17,19)(H,18,20). The lowest BCUT2D eigenvalue weighted by Crippen LogP contribution is -2.14. The van der Waals surface area contributed by atoms with Crippen molar-refractivity contribution in [3.8, 4) is 0 Å². The molecular formula is C16H18N2O2. The topological polar surface area (TPSA) is 62.0 Å². The van der Waals surface area contributed by atoms with Crippen LogP contribution < -0.4 is 10.9 Å². The van der Waals surface area contributed by atoms with E-state index in [2.05, 4.69) is 24.1 Å². The molecule has 1 aromatic carbocycles. The molecule has 1 aromatic heterocycles. The fourth-order valence-electron chi connectivity index (χ4n) is 1.89. The summed E-state index contributed by atoms with van der Waals surface area (Å²) < 4.78 is 0. The first-order chi connectivity index (χ1) is 9.60. The number of pyridine rings is 1. The van der Waals surface area contributed by atoms with E-state index in [1.165, 1.54) is 23.9 Å². The highest BCUT2D eigenvalue weighted by Gasteiger charge is 2.07. The summed E-state index contributed by atoms with van der Waals surface area (Å²) in [4.78, 5) is 25.4. The molecule has 2 rings (SSSR count). The number of carbonyl (C=O) groups excluding carboxylic acids is 1. The minimum Gasteiger partial charge on any atom is -0.328 e. The number of aromatic amines is 1. The average molecular weight is 270 g/mol. The van der Waals surface area contributed by atoms with Gasteiger partial charge in [-0.1, -0.05) is 26.0 Å². The van der Waals surface area contributed by atoms with Crippen LogP contribution in [0.5, 0.6) is 0 Å². The van der Waals surface area contributed by atoms with Gasteiger partial charge in [0.1, 0.15) is 0 Å². The summed E-state index contributed by atoms with van der Waals surface area (Å²) in [6, 6.07) is 10.7. The van der Waals surface area contributed by atoms with Crippen molar-refractivity contribution in [1.29, 1.82) is 0 Å². The third-order valence-electron chi connectivity index (χ3n) is 3.40. The Kier molecular flexibility index (Phi) is 4.35. The van der Waals surface area contributed by atoms with Gasteiger partial charge in [0, 0.05) is 18.0 Å². The first-order valence-electron chi connectivity index (χ1n) is 6.70. The van der Waals surface area contributed by atoms with Gasteiger partial charge in [0.15, 0.2) is 0 Å². The molecule has 20 heavy (non-hydrogen) atoms. The predicted molar refractivity (Wildman–Crippen MR) is 80.2 cm³/mol. The molecule has 0 bridgehead atoms. The van der Waals surface area contributed by atoms with E-state index in [4.69, 9.17) is 0 Å². The van der Waals surface area contributed by atoms with Crippen LogP contribution in [0, 0.1) is 0 Å². The Morgan fingerprint density at radius 2 is 1.90 bits per heavy atom. The lowest BCUT2D eigenvalue weighted by atomic mass is 9.99. The predicted octanol–water partition coefficient (Wildman–Crippen LogP) is 3.14. The number of amides is 1. The van der Waals surface area contributed by atoms with Gasteiger partial charge in [0.2, 0.25) is 5.56 Å². The molecule has 0 fully saturated rings. The minimum absolute atomic E-state index is 0.223. The van der Waals surface area contributed by atoms with Gasteiger partial charge in [0.05, 0.1) is 5.56 Å². The van der Waals surface area contributed by atoms with Crippen molar-refractivity contribution in [3.05, 3.63) is 64.1 Å². The van der Waals surface area contributed by atoms with Gasteiger partial charge < -0.3 is 10.3 Å². The molecule has 1 atom stereocenters. The molecule has 104 valence electrons. The third kappa shape index (κ3) is 3.35. The SMILES string of the molecule is CCC(C)c1ccc(NC(=O)c2ccc(=O)[nH]c2)cc1. The van der Waals surface area contributed by atoms with E-state index in [0.29, 0.717) is 11.5 Å². The number of rotatable bonds is 4. The number of anilines is 1. The van der Waals surface area contributed by atoms with Crippen molar-refractivity contribution in [1.82, 2.24) is 4.98 Å². The maximum absolute atomic E-state index is 12.0. The molecule has 0 radical (unpaired) electrons. The van der Waals surface area contributed by atoms with Crippen molar-refractivity contribution in [2.45, 2.75) is 26.2 Å². The summed E-state index contributed by atoms with van der Waals surface area (Å²) in [6.45, 7) is 4.32. The van der Waals surface area contributed by atoms with Gasteiger partial charge in [-0.2, -0.15) is 0 Å². The number of aromatic nitrogens is 1. The number of benzene rings is 1. The smallest absolute Gasteiger partial charge is 0.257 e. The molecule has 0 aliphatic heterocycles. The van der Waals surface area contributed by atoms with Crippen molar-refractivity contribution in [3.63, 3.8) is 0 Å². The van der Waals surface area contributed by atoms with Crippen LogP contribution in [-0.4, -0.2) is 10.9 Å². The second-order valence-electron chi connectivity index (χ2n) is 4.83. The zero-order valence-electron chi connectivity index (χ0n) is 11.6. The van der Waals surface area contributed by atoms with Crippen LogP contribution in [0.3, 0.4) is 0 Å². The van der Waals surface area contributed by atoms with Gasteiger partial charge in [0.25, 0.3) is 5.91 Å². The van der Waals surface area contributed by atoms with Gasteiger partial charge in [-0.05, 0) is 36.1 Å². The van der Waals surface area contributed by atoms with Crippen LogP contribution in [0.4, 0.5) is 5.69 Å². The van der Waals surface area contributed by atoms with Gasteiger partial charge in [-0.3, -0.25) is 9.59 Å². The molecule has 2 N–H and O–H groups in total. The minimum atomic E-state index is -0.238.